The fourth-order valence-corrected chi connectivity index (χ4v) is 6.52. The SMILES string of the molecule is COc1ccc(/C=C\c2onc(C)c2S(=O)(=O)N2CCC(C(=O)N3CCC(C(N)=O)CC3)CC2)cc1. The van der Waals surface area contributed by atoms with Gasteiger partial charge in [0.2, 0.25) is 21.8 Å². The Bertz CT molecular complexity index is 1220. The van der Waals surface area contributed by atoms with E-state index in [2.05, 4.69) is 5.16 Å². The summed E-state index contributed by atoms with van der Waals surface area (Å²) in [5.74, 6) is 0.185. The molecule has 4 rings (SSSR count). The van der Waals surface area contributed by atoms with E-state index in [1.807, 2.05) is 24.3 Å². The third-order valence-corrected chi connectivity index (χ3v) is 9.04. The monoisotopic (exact) mass is 516 g/mol. The van der Waals surface area contributed by atoms with Gasteiger partial charge in [-0.2, -0.15) is 4.31 Å². The molecule has 10 nitrogen and oxygen atoms in total. The summed E-state index contributed by atoms with van der Waals surface area (Å²) in [4.78, 5) is 26.2. The molecule has 0 bridgehead atoms. The highest BCUT2D eigenvalue weighted by atomic mass is 32.2. The Morgan fingerprint density at radius 3 is 2.22 bits per heavy atom. The van der Waals surface area contributed by atoms with Crippen molar-refractivity contribution in [2.24, 2.45) is 17.6 Å². The number of benzene rings is 1. The van der Waals surface area contributed by atoms with Crippen LogP contribution in [0.2, 0.25) is 0 Å². The van der Waals surface area contributed by atoms with Crippen molar-refractivity contribution in [2.75, 3.05) is 33.3 Å². The number of primary amides is 1. The van der Waals surface area contributed by atoms with Crippen molar-refractivity contribution in [3.63, 3.8) is 0 Å². The van der Waals surface area contributed by atoms with Crippen LogP contribution in [0.4, 0.5) is 0 Å². The summed E-state index contributed by atoms with van der Waals surface area (Å²) in [7, 11) is -2.27. The maximum absolute atomic E-state index is 13.5. The Hall–Kier alpha value is -3.18. The molecule has 2 aliphatic heterocycles. The molecule has 194 valence electrons. The van der Waals surface area contributed by atoms with Gasteiger partial charge in [0.25, 0.3) is 0 Å². The third-order valence-electron chi connectivity index (χ3n) is 6.99. The topological polar surface area (TPSA) is 136 Å². The number of hydrogen-bond acceptors (Lipinski definition) is 7. The molecule has 0 saturated carbocycles. The van der Waals surface area contributed by atoms with E-state index < -0.39 is 10.0 Å². The van der Waals surface area contributed by atoms with Crippen LogP contribution in [0.1, 0.15) is 42.7 Å². The fraction of sp³-hybridized carbons (Fsp3) is 0.480. The third kappa shape index (κ3) is 5.46. The number of ether oxygens (including phenoxy) is 1. The van der Waals surface area contributed by atoms with Gasteiger partial charge in [0.05, 0.1) is 7.11 Å². The van der Waals surface area contributed by atoms with Crippen LogP contribution in [0.3, 0.4) is 0 Å². The van der Waals surface area contributed by atoms with Gasteiger partial charge < -0.3 is 19.9 Å². The minimum absolute atomic E-state index is 0.0271. The lowest BCUT2D eigenvalue weighted by Gasteiger charge is -2.36. The molecule has 0 radical (unpaired) electrons. The van der Waals surface area contributed by atoms with E-state index >= 15 is 0 Å². The lowest BCUT2D eigenvalue weighted by molar-refractivity contribution is -0.139. The number of carbonyl (C=O) groups excluding carboxylic acids is 2. The van der Waals surface area contributed by atoms with Crippen LogP contribution in [0.5, 0.6) is 5.75 Å². The van der Waals surface area contributed by atoms with Crippen LogP contribution in [-0.2, 0) is 19.6 Å². The number of sulfonamides is 1. The molecule has 2 aliphatic rings. The average Bonchev–Trinajstić information content (AvgIpc) is 3.28. The van der Waals surface area contributed by atoms with E-state index in [4.69, 9.17) is 15.0 Å². The number of hydrogen-bond donors (Lipinski definition) is 1. The van der Waals surface area contributed by atoms with Gasteiger partial charge >= 0.3 is 0 Å². The molecule has 0 spiro atoms. The van der Waals surface area contributed by atoms with Crippen LogP contribution in [0.15, 0.2) is 33.7 Å². The smallest absolute Gasteiger partial charge is 0.248 e. The van der Waals surface area contributed by atoms with Crippen molar-refractivity contribution >= 4 is 34.0 Å². The number of nitrogens with zero attached hydrogens (tertiary/aromatic N) is 3. The van der Waals surface area contributed by atoms with E-state index in [1.165, 1.54) is 4.31 Å². The number of nitrogens with two attached hydrogens (primary N) is 1. The number of carbonyl (C=O) groups is 2. The first kappa shape index (κ1) is 25.9. The predicted molar refractivity (Wildman–Crippen MR) is 133 cm³/mol. The molecular formula is C25H32N4O6S. The Labute approximate surface area is 211 Å². The maximum Gasteiger partial charge on any atom is 0.248 e. The van der Waals surface area contributed by atoms with Gasteiger partial charge in [0.15, 0.2) is 10.7 Å². The summed E-state index contributed by atoms with van der Waals surface area (Å²) in [6.07, 6.45) is 5.39. The van der Waals surface area contributed by atoms with Crippen LogP contribution >= 0.6 is 0 Å². The highest BCUT2D eigenvalue weighted by Gasteiger charge is 2.37. The number of rotatable bonds is 7. The molecule has 3 heterocycles. The molecule has 36 heavy (non-hydrogen) atoms. The van der Waals surface area contributed by atoms with Crippen molar-refractivity contribution in [1.29, 1.82) is 0 Å². The molecule has 0 unspecified atom stereocenters. The van der Waals surface area contributed by atoms with Crippen LogP contribution in [-0.4, -0.2) is 67.9 Å². The molecule has 2 N–H and O–H groups in total. The second-order valence-electron chi connectivity index (χ2n) is 9.25. The average molecular weight is 517 g/mol. The summed E-state index contributed by atoms with van der Waals surface area (Å²) < 4.78 is 38.9. The molecule has 0 aliphatic carbocycles. The lowest BCUT2D eigenvalue weighted by atomic mass is 9.92. The maximum atomic E-state index is 13.5. The zero-order valence-corrected chi connectivity index (χ0v) is 21.4. The number of amides is 2. The number of aryl methyl sites for hydroxylation is 1. The second-order valence-corrected chi connectivity index (χ2v) is 11.1. The van der Waals surface area contributed by atoms with Crippen molar-refractivity contribution in [3.8, 4) is 5.75 Å². The largest absolute Gasteiger partial charge is 0.497 e. The van der Waals surface area contributed by atoms with Crippen molar-refractivity contribution in [1.82, 2.24) is 14.4 Å². The van der Waals surface area contributed by atoms with Gasteiger partial charge in [-0.15, -0.1) is 0 Å². The van der Waals surface area contributed by atoms with E-state index in [1.54, 1.807) is 31.1 Å². The summed E-state index contributed by atoms with van der Waals surface area (Å²) >= 11 is 0. The lowest BCUT2D eigenvalue weighted by Crippen LogP contribution is -2.47. The first-order valence-corrected chi connectivity index (χ1v) is 13.5. The first-order valence-electron chi connectivity index (χ1n) is 12.1. The van der Waals surface area contributed by atoms with E-state index in [-0.39, 0.29) is 47.4 Å². The molecule has 2 amide bonds. The Balaban J connectivity index is 1.41. The first-order chi connectivity index (χ1) is 17.2. The molecule has 2 fully saturated rings. The van der Waals surface area contributed by atoms with E-state index in [9.17, 15) is 18.0 Å². The molecule has 2 aromatic rings. The highest BCUT2D eigenvalue weighted by molar-refractivity contribution is 7.89. The number of methoxy groups -OCH3 is 1. The summed E-state index contributed by atoms with van der Waals surface area (Å²) in [6.45, 7) is 3.10. The van der Waals surface area contributed by atoms with Gasteiger partial charge in [0, 0.05) is 38.0 Å². The summed E-state index contributed by atoms with van der Waals surface area (Å²) in [5.41, 5.74) is 6.53. The van der Waals surface area contributed by atoms with Crippen LogP contribution < -0.4 is 10.5 Å². The van der Waals surface area contributed by atoms with Gasteiger partial charge in [-0.05, 0) is 56.4 Å². The molecule has 2 saturated heterocycles. The van der Waals surface area contributed by atoms with Gasteiger partial charge in [-0.1, -0.05) is 23.4 Å². The van der Waals surface area contributed by atoms with Gasteiger partial charge in [-0.25, -0.2) is 8.42 Å². The van der Waals surface area contributed by atoms with Crippen molar-refractivity contribution < 1.29 is 27.3 Å². The predicted octanol–water partition coefficient (Wildman–Crippen LogP) is 2.29. The Morgan fingerprint density at radius 2 is 1.64 bits per heavy atom. The molecule has 0 atom stereocenters. The Kier molecular flexibility index (Phi) is 7.79. The van der Waals surface area contributed by atoms with Gasteiger partial charge in [0.1, 0.15) is 11.4 Å². The number of likely N-dealkylation sites (tertiary alicyclic amines) is 1. The summed E-state index contributed by atoms with van der Waals surface area (Å²) in [5, 5.41) is 3.89. The fourth-order valence-electron chi connectivity index (χ4n) is 4.80. The van der Waals surface area contributed by atoms with Crippen molar-refractivity contribution in [2.45, 2.75) is 37.5 Å². The quantitative estimate of drug-likeness (QED) is 0.596. The van der Waals surface area contributed by atoms with E-state index in [0.29, 0.717) is 44.5 Å². The van der Waals surface area contributed by atoms with Crippen LogP contribution in [0.25, 0.3) is 12.2 Å². The van der Waals surface area contributed by atoms with Gasteiger partial charge in [-0.3, -0.25) is 9.59 Å². The normalized spacial score (nSPS) is 18.6. The molecule has 1 aromatic carbocycles. The number of aromatic nitrogens is 1. The van der Waals surface area contributed by atoms with E-state index in [0.717, 1.165) is 11.3 Å². The molecule has 11 heteroatoms. The zero-order chi connectivity index (χ0) is 25.9. The molecular weight excluding hydrogens is 484 g/mol. The van der Waals surface area contributed by atoms with Crippen molar-refractivity contribution in [3.05, 3.63) is 41.3 Å². The van der Waals surface area contributed by atoms with Crippen LogP contribution in [0, 0.1) is 18.8 Å². The minimum atomic E-state index is -3.86. The molecule has 1 aromatic heterocycles. The standard InChI is InChI=1S/C25H32N4O6S/c1-17-23(22(35-27-17)8-5-18-3-6-21(34-2)7-4-18)36(32,33)29-15-11-20(12-16-29)25(31)28-13-9-19(10-14-28)24(26)30/h3-8,19-20H,9-16H2,1-2H3,(H2,26,30)/b8-5-. The highest BCUT2D eigenvalue weighted by Crippen LogP contribution is 2.30. The minimum Gasteiger partial charge on any atom is -0.497 e. The zero-order valence-electron chi connectivity index (χ0n) is 20.6. The summed E-state index contributed by atoms with van der Waals surface area (Å²) in [6, 6.07) is 7.33. The number of piperidine rings is 2. The second kappa shape index (κ2) is 10.8. The Morgan fingerprint density at radius 1 is 1.03 bits per heavy atom.